The van der Waals surface area contributed by atoms with Gasteiger partial charge in [0.2, 0.25) is 5.89 Å². The molecule has 6 heteroatoms. The molecule has 0 aromatic carbocycles. The normalized spacial score (nSPS) is 38.9. The van der Waals surface area contributed by atoms with Crippen LogP contribution in [-0.4, -0.2) is 53.9 Å². The maximum absolute atomic E-state index is 5.74. The van der Waals surface area contributed by atoms with E-state index in [1.165, 1.54) is 32.1 Å². The molecule has 1 saturated heterocycles. The molecule has 0 radical (unpaired) electrons. The first-order chi connectivity index (χ1) is 11.8. The Balaban J connectivity index is 1.22. The van der Waals surface area contributed by atoms with Crippen LogP contribution in [0.25, 0.3) is 0 Å². The van der Waals surface area contributed by atoms with Gasteiger partial charge in [0.1, 0.15) is 0 Å². The van der Waals surface area contributed by atoms with Gasteiger partial charge in [-0.25, -0.2) is 0 Å². The first-order valence-corrected chi connectivity index (χ1v) is 9.81. The second-order valence-electron chi connectivity index (χ2n) is 8.46. The maximum atomic E-state index is 5.74. The molecule has 4 bridgehead atoms. The Labute approximate surface area is 143 Å². The van der Waals surface area contributed by atoms with Gasteiger partial charge in [-0.3, -0.25) is 4.90 Å². The zero-order valence-corrected chi connectivity index (χ0v) is 14.4. The molecule has 0 atom stereocenters. The van der Waals surface area contributed by atoms with Gasteiger partial charge < -0.3 is 15.1 Å². The summed E-state index contributed by atoms with van der Waals surface area (Å²) >= 11 is 0. The van der Waals surface area contributed by atoms with Crippen LogP contribution in [0.3, 0.4) is 0 Å². The molecular formula is C18H29N5O. The Morgan fingerprint density at radius 1 is 0.917 bits per heavy atom. The van der Waals surface area contributed by atoms with E-state index in [0.717, 1.165) is 55.9 Å². The average Bonchev–Trinajstić information content (AvgIpc) is 3.03. The summed E-state index contributed by atoms with van der Waals surface area (Å²) in [6.07, 6.45) is 8.22. The predicted molar refractivity (Wildman–Crippen MR) is 91.7 cm³/mol. The Bertz CT molecular complexity index is 552. The number of hydrogen-bond acceptors (Lipinski definition) is 6. The minimum atomic E-state index is 0.557. The zero-order valence-electron chi connectivity index (χ0n) is 14.4. The van der Waals surface area contributed by atoms with Crippen molar-refractivity contribution in [3.8, 4) is 0 Å². The summed E-state index contributed by atoms with van der Waals surface area (Å²) in [7, 11) is 0. The summed E-state index contributed by atoms with van der Waals surface area (Å²) in [6.45, 7) is 4.85. The van der Waals surface area contributed by atoms with Crippen LogP contribution in [0.15, 0.2) is 4.42 Å². The van der Waals surface area contributed by atoms with Crippen molar-refractivity contribution in [2.75, 3.05) is 37.6 Å². The number of hydrogen-bond donors (Lipinski definition) is 1. The molecule has 6 nitrogen and oxygen atoms in total. The van der Waals surface area contributed by atoms with Crippen molar-refractivity contribution in [3.05, 3.63) is 5.89 Å². The SMILES string of the molecule is NCCc1nnc(N2CCN(C3C4CC5CC(C4)CC3C5)CC2)o1. The topological polar surface area (TPSA) is 71.4 Å². The molecular weight excluding hydrogens is 302 g/mol. The lowest BCUT2D eigenvalue weighted by Gasteiger charge is -2.58. The summed E-state index contributed by atoms with van der Waals surface area (Å²) in [5.74, 6) is 4.74. The molecule has 0 spiro atoms. The second-order valence-corrected chi connectivity index (χ2v) is 8.46. The molecule has 0 amide bonds. The van der Waals surface area contributed by atoms with Crippen LogP contribution in [0.5, 0.6) is 0 Å². The highest BCUT2D eigenvalue weighted by Gasteiger charge is 2.50. The second kappa shape index (κ2) is 5.99. The molecule has 5 fully saturated rings. The highest BCUT2D eigenvalue weighted by atomic mass is 16.4. The molecule has 1 aromatic rings. The largest absolute Gasteiger partial charge is 0.408 e. The smallest absolute Gasteiger partial charge is 0.318 e. The summed E-state index contributed by atoms with van der Waals surface area (Å²) in [6, 6.07) is 1.54. The molecule has 2 heterocycles. The molecule has 4 aliphatic carbocycles. The number of nitrogens with two attached hydrogens (primary N) is 1. The fraction of sp³-hybridized carbons (Fsp3) is 0.889. The average molecular weight is 331 g/mol. The third-order valence-corrected chi connectivity index (χ3v) is 7.00. The lowest BCUT2D eigenvalue weighted by atomic mass is 9.54. The Morgan fingerprint density at radius 3 is 2.21 bits per heavy atom. The van der Waals surface area contributed by atoms with Gasteiger partial charge in [0.25, 0.3) is 0 Å². The van der Waals surface area contributed by atoms with E-state index in [9.17, 15) is 0 Å². The van der Waals surface area contributed by atoms with E-state index in [1.807, 2.05) is 0 Å². The van der Waals surface area contributed by atoms with Gasteiger partial charge in [-0.1, -0.05) is 5.10 Å². The third kappa shape index (κ3) is 2.54. The molecule has 1 aromatic heterocycles. The quantitative estimate of drug-likeness (QED) is 0.902. The first kappa shape index (κ1) is 15.1. The monoisotopic (exact) mass is 331 g/mol. The van der Waals surface area contributed by atoms with Crippen molar-refractivity contribution < 1.29 is 4.42 Å². The summed E-state index contributed by atoms with van der Waals surface area (Å²) in [5, 5.41) is 8.30. The predicted octanol–water partition coefficient (Wildman–Crippen LogP) is 1.52. The molecule has 24 heavy (non-hydrogen) atoms. The van der Waals surface area contributed by atoms with Crippen LogP contribution in [0.1, 0.15) is 38.0 Å². The Hall–Kier alpha value is -1.14. The van der Waals surface area contributed by atoms with E-state index in [0.29, 0.717) is 24.9 Å². The van der Waals surface area contributed by atoms with Crippen molar-refractivity contribution in [2.24, 2.45) is 29.4 Å². The highest BCUT2D eigenvalue weighted by Crippen LogP contribution is 2.55. The maximum Gasteiger partial charge on any atom is 0.318 e. The van der Waals surface area contributed by atoms with E-state index < -0.39 is 0 Å². The van der Waals surface area contributed by atoms with Crippen LogP contribution >= 0.6 is 0 Å². The third-order valence-electron chi connectivity index (χ3n) is 7.00. The van der Waals surface area contributed by atoms with Gasteiger partial charge >= 0.3 is 6.01 Å². The van der Waals surface area contributed by atoms with Gasteiger partial charge in [-0.15, -0.1) is 5.10 Å². The molecule has 6 rings (SSSR count). The van der Waals surface area contributed by atoms with Crippen molar-refractivity contribution >= 4 is 6.01 Å². The molecule has 0 unspecified atom stereocenters. The number of rotatable bonds is 4. The molecule has 2 N–H and O–H groups in total. The molecule has 1 aliphatic heterocycles. The molecule has 5 aliphatic rings. The number of nitrogens with zero attached hydrogens (tertiary/aromatic N) is 4. The number of piperazine rings is 1. The van der Waals surface area contributed by atoms with Gasteiger partial charge in [0.05, 0.1) is 0 Å². The van der Waals surface area contributed by atoms with Gasteiger partial charge in [0.15, 0.2) is 0 Å². The minimum Gasteiger partial charge on any atom is -0.408 e. The van der Waals surface area contributed by atoms with E-state index in [-0.39, 0.29) is 0 Å². The van der Waals surface area contributed by atoms with Gasteiger partial charge in [0, 0.05) is 45.2 Å². The lowest BCUT2D eigenvalue weighted by Crippen LogP contribution is -2.60. The Kier molecular flexibility index (Phi) is 3.78. The van der Waals surface area contributed by atoms with Crippen LogP contribution in [0, 0.1) is 23.7 Å². The van der Waals surface area contributed by atoms with E-state index >= 15 is 0 Å². The van der Waals surface area contributed by atoms with Crippen molar-refractivity contribution in [2.45, 2.75) is 44.6 Å². The fourth-order valence-electron chi connectivity index (χ4n) is 6.30. The van der Waals surface area contributed by atoms with Gasteiger partial charge in [-0.2, -0.15) is 0 Å². The van der Waals surface area contributed by atoms with Crippen molar-refractivity contribution in [1.82, 2.24) is 15.1 Å². The highest BCUT2D eigenvalue weighted by molar-refractivity contribution is 5.25. The number of aromatic nitrogens is 2. The number of anilines is 1. The van der Waals surface area contributed by atoms with Gasteiger partial charge in [-0.05, 0) is 55.8 Å². The van der Waals surface area contributed by atoms with Crippen molar-refractivity contribution in [1.29, 1.82) is 0 Å². The minimum absolute atomic E-state index is 0.557. The fourth-order valence-corrected chi connectivity index (χ4v) is 6.30. The zero-order chi connectivity index (χ0) is 16.1. The summed E-state index contributed by atoms with van der Waals surface area (Å²) in [4.78, 5) is 5.04. The van der Waals surface area contributed by atoms with Crippen LogP contribution in [0.2, 0.25) is 0 Å². The van der Waals surface area contributed by atoms with Crippen LogP contribution < -0.4 is 10.6 Å². The first-order valence-electron chi connectivity index (χ1n) is 9.81. The molecule has 4 saturated carbocycles. The van der Waals surface area contributed by atoms with Crippen molar-refractivity contribution in [3.63, 3.8) is 0 Å². The van der Waals surface area contributed by atoms with E-state index in [1.54, 1.807) is 0 Å². The standard InChI is InChI=1S/C18H29N5O/c19-2-1-16-20-21-18(24-16)23-5-3-22(4-6-23)17-14-8-12-7-13(10-14)11-15(17)9-12/h12-15,17H,1-11,19H2. The van der Waals surface area contributed by atoms with E-state index in [2.05, 4.69) is 20.0 Å². The summed E-state index contributed by atoms with van der Waals surface area (Å²) in [5.41, 5.74) is 5.56. The van der Waals surface area contributed by atoms with E-state index in [4.69, 9.17) is 10.2 Å². The molecule has 132 valence electrons. The van der Waals surface area contributed by atoms with Crippen LogP contribution in [0.4, 0.5) is 6.01 Å². The lowest BCUT2D eigenvalue weighted by molar-refractivity contribution is -0.0666. The summed E-state index contributed by atoms with van der Waals surface area (Å²) < 4.78 is 5.74. The van der Waals surface area contributed by atoms with Crippen LogP contribution in [-0.2, 0) is 6.42 Å². The Morgan fingerprint density at radius 2 is 1.58 bits per heavy atom.